The minimum absolute atomic E-state index is 0.856. The molecule has 3 aromatic rings. The normalized spacial score (nSPS) is 15.8. The maximum absolute atomic E-state index is 5.46. The third kappa shape index (κ3) is 4.79. The van der Waals surface area contributed by atoms with Gasteiger partial charge in [-0.2, -0.15) is 0 Å². The zero-order chi connectivity index (χ0) is 19.2. The summed E-state index contributed by atoms with van der Waals surface area (Å²) >= 11 is 1.72. The molecule has 146 valence electrons. The Bertz CT molecular complexity index is 938. The summed E-state index contributed by atoms with van der Waals surface area (Å²) in [6.07, 6.45) is 1.11. The summed E-state index contributed by atoms with van der Waals surface area (Å²) in [4.78, 5) is 8.47. The van der Waals surface area contributed by atoms with Crippen molar-refractivity contribution in [1.82, 2.24) is 9.47 Å². The van der Waals surface area contributed by atoms with Crippen molar-refractivity contribution in [2.24, 2.45) is 4.99 Å². The summed E-state index contributed by atoms with van der Waals surface area (Å²) in [7, 11) is 0. The van der Waals surface area contributed by atoms with Crippen molar-refractivity contribution in [3.8, 4) is 11.3 Å². The lowest BCUT2D eigenvalue weighted by atomic mass is 10.1. The average Bonchev–Trinajstić information content (AvgIpc) is 3.12. The first kappa shape index (κ1) is 19.1. The van der Waals surface area contributed by atoms with Crippen LogP contribution in [0.1, 0.15) is 12.0 Å². The molecule has 2 aromatic carbocycles. The summed E-state index contributed by atoms with van der Waals surface area (Å²) in [6, 6.07) is 19.0. The highest BCUT2D eigenvalue weighted by molar-refractivity contribution is 7.07. The van der Waals surface area contributed by atoms with Crippen LogP contribution in [-0.2, 0) is 11.3 Å². The topological polar surface area (TPSA) is 29.8 Å². The number of thiazole rings is 1. The molecule has 1 aliphatic rings. The standard InChI is InChI=1S/C23H27N3OS/c1-19-8-10-20(11-9-19)22-18-28-23(24-21-6-3-2-4-7-21)26(22)13-5-12-25-14-16-27-17-15-25/h2-4,6-11,18H,5,12-17H2,1H3. The van der Waals surface area contributed by atoms with Gasteiger partial charge in [-0.15, -0.1) is 11.3 Å². The minimum Gasteiger partial charge on any atom is -0.379 e. The van der Waals surface area contributed by atoms with E-state index in [0.717, 1.165) is 56.3 Å². The summed E-state index contributed by atoms with van der Waals surface area (Å²) in [5.41, 5.74) is 4.79. The molecule has 0 amide bonds. The highest BCUT2D eigenvalue weighted by atomic mass is 32.1. The molecular weight excluding hydrogens is 366 g/mol. The van der Waals surface area contributed by atoms with Crippen molar-refractivity contribution < 1.29 is 4.74 Å². The third-order valence-electron chi connectivity index (χ3n) is 5.09. The Balaban J connectivity index is 1.61. The number of rotatable bonds is 6. The van der Waals surface area contributed by atoms with E-state index in [2.05, 4.69) is 58.2 Å². The van der Waals surface area contributed by atoms with Crippen molar-refractivity contribution in [3.63, 3.8) is 0 Å². The van der Waals surface area contributed by atoms with Gasteiger partial charge in [-0.1, -0.05) is 48.0 Å². The van der Waals surface area contributed by atoms with Gasteiger partial charge in [0, 0.05) is 31.6 Å². The number of ether oxygens (including phenoxy) is 1. The van der Waals surface area contributed by atoms with Gasteiger partial charge in [0.05, 0.1) is 24.6 Å². The SMILES string of the molecule is Cc1ccc(-c2csc(=Nc3ccccc3)n2CCCN2CCOCC2)cc1. The van der Waals surface area contributed by atoms with E-state index in [-0.39, 0.29) is 0 Å². The monoisotopic (exact) mass is 393 g/mol. The fourth-order valence-corrected chi connectivity index (χ4v) is 4.44. The molecule has 4 nitrogen and oxygen atoms in total. The van der Waals surface area contributed by atoms with E-state index in [1.165, 1.54) is 16.8 Å². The molecule has 1 aromatic heterocycles. The molecule has 0 radical (unpaired) electrons. The molecule has 4 rings (SSSR count). The molecule has 2 heterocycles. The van der Waals surface area contributed by atoms with Crippen LogP contribution in [0.15, 0.2) is 65.0 Å². The van der Waals surface area contributed by atoms with Crippen molar-refractivity contribution in [2.75, 3.05) is 32.8 Å². The number of para-hydroxylation sites is 1. The molecule has 0 atom stereocenters. The first-order valence-corrected chi connectivity index (χ1v) is 10.8. The zero-order valence-corrected chi connectivity index (χ0v) is 17.2. The Morgan fingerprint density at radius 1 is 0.964 bits per heavy atom. The maximum Gasteiger partial charge on any atom is 0.190 e. The van der Waals surface area contributed by atoms with Gasteiger partial charge in [0.1, 0.15) is 0 Å². The highest BCUT2D eigenvalue weighted by Crippen LogP contribution is 2.22. The summed E-state index contributed by atoms with van der Waals surface area (Å²) in [6.45, 7) is 7.99. The van der Waals surface area contributed by atoms with E-state index in [1.54, 1.807) is 11.3 Å². The van der Waals surface area contributed by atoms with Crippen LogP contribution in [0.2, 0.25) is 0 Å². The van der Waals surface area contributed by atoms with Crippen LogP contribution < -0.4 is 4.80 Å². The lowest BCUT2D eigenvalue weighted by molar-refractivity contribution is 0.0369. The van der Waals surface area contributed by atoms with E-state index < -0.39 is 0 Å². The summed E-state index contributed by atoms with van der Waals surface area (Å²) in [5, 5.41) is 2.24. The molecule has 0 spiro atoms. The largest absolute Gasteiger partial charge is 0.379 e. The first-order chi connectivity index (χ1) is 13.8. The van der Waals surface area contributed by atoms with Crippen LogP contribution in [0, 0.1) is 6.92 Å². The molecule has 28 heavy (non-hydrogen) atoms. The van der Waals surface area contributed by atoms with Gasteiger partial charge in [0.25, 0.3) is 0 Å². The number of morpholine rings is 1. The van der Waals surface area contributed by atoms with Crippen molar-refractivity contribution in [3.05, 3.63) is 70.3 Å². The number of nitrogens with zero attached hydrogens (tertiary/aromatic N) is 3. The van der Waals surface area contributed by atoms with Gasteiger partial charge in [-0.05, 0) is 31.0 Å². The second-order valence-corrected chi connectivity index (χ2v) is 8.01. The van der Waals surface area contributed by atoms with Gasteiger partial charge in [-0.3, -0.25) is 4.90 Å². The van der Waals surface area contributed by atoms with Crippen molar-refractivity contribution in [2.45, 2.75) is 19.9 Å². The Hall–Kier alpha value is -2.21. The maximum atomic E-state index is 5.46. The predicted molar refractivity (Wildman–Crippen MR) is 116 cm³/mol. The fraction of sp³-hybridized carbons (Fsp3) is 0.348. The van der Waals surface area contributed by atoms with Crippen molar-refractivity contribution >= 4 is 17.0 Å². The Morgan fingerprint density at radius 3 is 2.46 bits per heavy atom. The molecule has 0 aliphatic carbocycles. The average molecular weight is 394 g/mol. The first-order valence-electron chi connectivity index (χ1n) is 9.95. The fourth-order valence-electron chi connectivity index (χ4n) is 3.48. The molecule has 1 saturated heterocycles. The van der Waals surface area contributed by atoms with Crippen LogP contribution in [0.4, 0.5) is 5.69 Å². The van der Waals surface area contributed by atoms with Crippen LogP contribution in [0.5, 0.6) is 0 Å². The summed E-state index contributed by atoms with van der Waals surface area (Å²) in [5.74, 6) is 0. The van der Waals surface area contributed by atoms with Gasteiger partial charge >= 0.3 is 0 Å². The van der Waals surface area contributed by atoms with E-state index in [9.17, 15) is 0 Å². The zero-order valence-electron chi connectivity index (χ0n) is 16.4. The Morgan fingerprint density at radius 2 is 1.71 bits per heavy atom. The number of aromatic nitrogens is 1. The third-order valence-corrected chi connectivity index (χ3v) is 5.95. The number of aryl methyl sites for hydroxylation is 1. The smallest absolute Gasteiger partial charge is 0.190 e. The summed E-state index contributed by atoms with van der Waals surface area (Å²) < 4.78 is 7.84. The van der Waals surface area contributed by atoms with Gasteiger partial charge in [0.2, 0.25) is 0 Å². The van der Waals surface area contributed by atoms with E-state index in [1.807, 2.05) is 18.2 Å². The van der Waals surface area contributed by atoms with E-state index in [0.29, 0.717) is 0 Å². The van der Waals surface area contributed by atoms with Crippen molar-refractivity contribution in [1.29, 1.82) is 0 Å². The molecular formula is C23H27N3OS. The van der Waals surface area contributed by atoms with Gasteiger partial charge in [-0.25, -0.2) is 4.99 Å². The predicted octanol–water partition coefficient (Wildman–Crippen LogP) is 4.48. The second-order valence-electron chi connectivity index (χ2n) is 7.18. The second kappa shape index (κ2) is 9.32. The van der Waals surface area contributed by atoms with Crippen LogP contribution in [0.25, 0.3) is 11.3 Å². The highest BCUT2D eigenvalue weighted by Gasteiger charge is 2.12. The molecule has 0 unspecified atom stereocenters. The number of hydrogen-bond donors (Lipinski definition) is 0. The quantitative estimate of drug-likeness (QED) is 0.618. The molecule has 1 fully saturated rings. The van der Waals surface area contributed by atoms with Gasteiger partial charge < -0.3 is 9.30 Å². The van der Waals surface area contributed by atoms with E-state index in [4.69, 9.17) is 9.73 Å². The molecule has 0 N–H and O–H groups in total. The van der Waals surface area contributed by atoms with Crippen LogP contribution in [-0.4, -0.2) is 42.3 Å². The molecule has 0 saturated carbocycles. The van der Waals surface area contributed by atoms with E-state index >= 15 is 0 Å². The number of hydrogen-bond acceptors (Lipinski definition) is 4. The molecule has 0 bridgehead atoms. The Labute approximate surface area is 170 Å². The number of benzene rings is 2. The van der Waals surface area contributed by atoms with Gasteiger partial charge in [0.15, 0.2) is 4.80 Å². The molecule has 1 aliphatic heterocycles. The van der Waals surface area contributed by atoms with Crippen LogP contribution in [0.3, 0.4) is 0 Å². The lowest BCUT2D eigenvalue weighted by Crippen LogP contribution is -2.37. The lowest BCUT2D eigenvalue weighted by Gasteiger charge is -2.26. The van der Waals surface area contributed by atoms with Crippen LogP contribution >= 0.6 is 11.3 Å². The Kier molecular flexibility index (Phi) is 6.37. The molecule has 5 heteroatoms. The minimum atomic E-state index is 0.856.